The molecular weight excluding hydrogens is 308 g/mol. The molecule has 0 amide bonds. The highest BCUT2D eigenvalue weighted by atomic mass is 32.2. The summed E-state index contributed by atoms with van der Waals surface area (Å²) < 4.78 is 18.1. The van der Waals surface area contributed by atoms with Crippen LogP contribution in [-0.4, -0.2) is 28.3 Å². The minimum Gasteiger partial charge on any atom is -0.462 e. The van der Waals surface area contributed by atoms with Crippen LogP contribution in [0.3, 0.4) is 0 Å². The summed E-state index contributed by atoms with van der Waals surface area (Å²) >= 11 is 1.19. The van der Waals surface area contributed by atoms with Gasteiger partial charge in [-0.15, -0.1) is 11.3 Å². The number of fused-ring (bicyclic) bond motifs is 1. The summed E-state index contributed by atoms with van der Waals surface area (Å²) in [5.74, 6) is 0.161. The highest BCUT2D eigenvalue weighted by molar-refractivity contribution is 7.87. The van der Waals surface area contributed by atoms with Crippen LogP contribution in [0.15, 0.2) is 4.21 Å². The third kappa shape index (κ3) is 3.43. The van der Waals surface area contributed by atoms with Gasteiger partial charge >= 0.3 is 5.97 Å². The van der Waals surface area contributed by atoms with E-state index in [1.807, 2.05) is 6.92 Å². The molecule has 2 rings (SSSR count). The Hall–Kier alpha value is -1.01. The molecule has 1 aromatic rings. The molecule has 0 unspecified atom stereocenters. The number of thiophene rings is 1. The van der Waals surface area contributed by atoms with Gasteiger partial charge in [-0.3, -0.25) is 9.00 Å². The smallest absolute Gasteiger partial charge is 0.348 e. The first kappa shape index (κ1) is 16.4. The summed E-state index contributed by atoms with van der Waals surface area (Å²) in [6.07, 6.45) is 3.72. The quantitative estimate of drug-likeness (QED) is 0.751. The van der Waals surface area contributed by atoms with Gasteiger partial charge in [0.15, 0.2) is 5.78 Å². The first-order valence-corrected chi connectivity index (χ1v) is 9.48. The molecule has 0 bridgehead atoms. The number of unbranched alkanes of at least 4 members (excludes halogenated alkanes) is 1. The van der Waals surface area contributed by atoms with Crippen molar-refractivity contribution < 1.29 is 18.5 Å². The standard InChI is InChI=1S/C15H20O4S2/c1-3-5-9-21(18)15-12-10(7-6-8-11(12)16)13(20-15)14(17)19-4-2/h3-9H2,1-2H3/t21-/m1/s1. The molecule has 0 aromatic carbocycles. The molecule has 0 spiro atoms. The normalized spacial score (nSPS) is 15.6. The fraction of sp³-hybridized carbons (Fsp3) is 0.600. The van der Waals surface area contributed by atoms with E-state index in [0.717, 1.165) is 24.8 Å². The van der Waals surface area contributed by atoms with E-state index in [4.69, 9.17) is 4.74 Å². The predicted octanol–water partition coefficient (Wildman–Crippen LogP) is 3.35. The lowest BCUT2D eigenvalue weighted by atomic mass is 9.93. The Morgan fingerprint density at radius 1 is 1.33 bits per heavy atom. The van der Waals surface area contributed by atoms with Crippen molar-refractivity contribution >= 4 is 33.9 Å². The van der Waals surface area contributed by atoms with Gasteiger partial charge in [-0.2, -0.15) is 0 Å². The summed E-state index contributed by atoms with van der Waals surface area (Å²) in [4.78, 5) is 24.7. The van der Waals surface area contributed by atoms with Gasteiger partial charge in [-0.05, 0) is 31.7 Å². The molecule has 0 saturated carbocycles. The fourth-order valence-corrected chi connectivity index (χ4v) is 5.47. The summed E-state index contributed by atoms with van der Waals surface area (Å²) in [5.41, 5.74) is 1.30. The molecule has 1 aromatic heterocycles. The maximum atomic E-state index is 12.4. The summed E-state index contributed by atoms with van der Waals surface area (Å²) in [6.45, 7) is 4.09. The largest absolute Gasteiger partial charge is 0.462 e. The lowest BCUT2D eigenvalue weighted by Crippen LogP contribution is -2.14. The molecule has 0 saturated heterocycles. The van der Waals surface area contributed by atoms with Crippen molar-refractivity contribution in [2.24, 2.45) is 0 Å². The highest BCUT2D eigenvalue weighted by Gasteiger charge is 2.31. The zero-order chi connectivity index (χ0) is 15.4. The highest BCUT2D eigenvalue weighted by Crippen LogP contribution is 2.37. The minimum absolute atomic E-state index is 0.0166. The summed E-state index contributed by atoms with van der Waals surface area (Å²) in [5, 5.41) is 0. The van der Waals surface area contributed by atoms with E-state index >= 15 is 0 Å². The van der Waals surface area contributed by atoms with Gasteiger partial charge in [0.25, 0.3) is 0 Å². The minimum atomic E-state index is -1.20. The van der Waals surface area contributed by atoms with Gasteiger partial charge in [0.05, 0.1) is 17.4 Å². The first-order valence-electron chi connectivity index (χ1n) is 7.34. The van der Waals surface area contributed by atoms with Gasteiger partial charge in [0, 0.05) is 17.7 Å². The van der Waals surface area contributed by atoms with Crippen LogP contribution in [0, 0.1) is 0 Å². The van der Waals surface area contributed by atoms with E-state index < -0.39 is 16.8 Å². The van der Waals surface area contributed by atoms with Crippen LogP contribution in [0.5, 0.6) is 0 Å². The van der Waals surface area contributed by atoms with Crippen LogP contribution < -0.4 is 0 Å². The molecule has 6 heteroatoms. The number of esters is 1. The van der Waals surface area contributed by atoms with E-state index in [1.165, 1.54) is 11.3 Å². The van der Waals surface area contributed by atoms with E-state index in [2.05, 4.69) is 0 Å². The van der Waals surface area contributed by atoms with E-state index in [0.29, 0.717) is 39.9 Å². The van der Waals surface area contributed by atoms with E-state index in [1.54, 1.807) is 6.92 Å². The number of Topliss-reactive ketones (excluding diaryl/α,β-unsaturated/α-hetero) is 1. The lowest BCUT2D eigenvalue weighted by Gasteiger charge is -2.12. The van der Waals surface area contributed by atoms with Crippen molar-refractivity contribution in [1.29, 1.82) is 0 Å². The molecule has 0 N–H and O–H groups in total. The molecule has 1 heterocycles. The summed E-state index contributed by atoms with van der Waals surface area (Å²) in [7, 11) is -1.20. The predicted molar refractivity (Wildman–Crippen MR) is 83.7 cm³/mol. The van der Waals surface area contributed by atoms with Crippen LogP contribution in [0.1, 0.15) is 65.1 Å². The Labute approximate surface area is 131 Å². The lowest BCUT2D eigenvalue weighted by molar-refractivity contribution is 0.0531. The average Bonchev–Trinajstić information content (AvgIpc) is 2.86. The van der Waals surface area contributed by atoms with Crippen molar-refractivity contribution in [2.45, 2.75) is 50.2 Å². The van der Waals surface area contributed by atoms with Crippen molar-refractivity contribution in [3.05, 3.63) is 16.0 Å². The Bertz CT molecular complexity index is 574. The third-order valence-corrected chi connectivity index (χ3v) is 6.53. The topological polar surface area (TPSA) is 60.4 Å². The number of carbonyl (C=O) groups excluding carboxylic acids is 2. The zero-order valence-corrected chi connectivity index (χ0v) is 14.0. The molecule has 4 nitrogen and oxygen atoms in total. The Morgan fingerprint density at radius 2 is 2.10 bits per heavy atom. The number of ether oxygens (including phenoxy) is 1. The van der Waals surface area contributed by atoms with Crippen molar-refractivity contribution in [1.82, 2.24) is 0 Å². The molecule has 0 radical (unpaired) electrons. The number of rotatable bonds is 6. The molecule has 21 heavy (non-hydrogen) atoms. The van der Waals surface area contributed by atoms with Crippen LogP contribution in [0.4, 0.5) is 0 Å². The van der Waals surface area contributed by atoms with Crippen LogP contribution in [-0.2, 0) is 22.0 Å². The number of hydrogen-bond donors (Lipinski definition) is 0. The Kier molecular flexibility index (Phi) is 5.70. The van der Waals surface area contributed by atoms with Crippen molar-refractivity contribution in [3.8, 4) is 0 Å². The Morgan fingerprint density at radius 3 is 2.76 bits per heavy atom. The fourth-order valence-electron chi connectivity index (χ4n) is 2.40. The molecule has 116 valence electrons. The second-order valence-corrected chi connectivity index (χ2v) is 7.76. The molecule has 0 fully saturated rings. The van der Waals surface area contributed by atoms with Crippen molar-refractivity contribution in [2.75, 3.05) is 12.4 Å². The first-order chi connectivity index (χ1) is 10.1. The number of hydrogen-bond acceptors (Lipinski definition) is 5. The maximum absolute atomic E-state index is 12.4. The van der Waals surface area contributed by atoms with Gasteiger partial charge < -0.3 is 4.74 Å². The third-order valence-electron chi connectivity index (χ3n) is 3.44. The molecule has 1 aliphatic rings. The van der Waals surface area contributed by atoms with Crippen molar-refractivity contribution in [3.63, 3.8) is 0 Å². The van der Waals surface area contributed by atoms with Gasteiger partial charge in [-0.25, -0.2) is 4.79 Å². The van der Waals surface area contributed by atoms with E-state index in [-0.39, 0.29) is 5.78 Å². The zero-order valence-electron chi connectivity index (χ0n) is 12.4. The molecular formula is C15H20O4S2. The molecule has 0 aliphatic heterocycles. The van der Waals surface area contributed by atoms with Crippen LogP contribution in [0.2, 0.25) is 0 Å². The van der Waals surface area contributed by atoms with Gasteiger partial charge in [0.1, 0.15) is 9.09 Å². The number of carbonyl (C=O) groups is 2. The average molecular weight is 328 g/mol. The second-order valence-electron chi connectivity index (χ2n) is 4.97. The number of ketones is 1. The van der Waals surface area contributed by atoms with Crippen LogP contribution in [0.25, 0.3) is 0 Å². The van der Waals surface area contributed by atoms with Gasteiger partial charge in [0.2, 0.25) is 0 Å². The maximum Gasteiger partial charge on any atom is 0.348 e. The second kappa shape index (κ2) is 7.31. The van der Waals surface area contributed by atoms with Crippen LogP contribution >= 0.6 is 11.3 Å². The molecule has 1 atom stereocenters. The monoisotopic (exact) mass is 328 g/mol. The van der Waals surface area contributed by atoms with Gasteiger partial charge in [-0.1, -0.05) is 13.3 Å². The Balaban J connectivity index is 2.43. The molecule has 1 aliphatic carbocycles. The summed E-state index contributed by atoms with van der Waals surface area (Å²) in [6, 6.07) is 0. The van der Waals surface area contributed by atoms with E-state index in [9.17, 15) is 13.8 Å². The SMILES string of the molecule is CCCC[S@@](=O)c1sc(C(=O)OCC)c2c1C(=O)CCC2.